The fourth-order valence-electron chi connectivity index (χ4n) is 1.58. The first-order valence-electron chi connectivity index (χ1n) is 5.42. The summed E-state index contributed by atoms with van der Waals surface area (Å²) < 4.78 is 10.1. The van der Waals surface area contributed by atoms with Crippen molar-refractivity contribution in [1.82, 2.24) is 5.32 Å². The summed E-state index contributed by atoms with van der Waals surface area (Å²) in [5.41, 5.74) is -0.576. The van der Waals surface area contributed by atoms with Crippen LogP contribution in [0.4, 0.5) is 0 Å². The molecule has 1 aromatic rings. The van der Waals surface area contributed by atoms with Crippen molar-refractivity contribution in [2.75, 3.05) is 20.3 Å². The highest BCUT2D eigenvalue weighted by Crippen LogP contribution is 2.13. The second kappa shape index (κ2) is 5.33. The number of nitrogens with one attached hydrogen (secondary N) is 1. The highest BCUT2D eigenvalue weighted by molar-refractivity contribution is 5.95. The first-order chi connectivity index (χ1) is 7.85. The van der Waals surface area contributed by atoms with E-state index in [1.165, 1.54) is 7.11 Å². The Bertz CT molecular complexity index is 395. The number of aryl methyl sites for hydroxylation is 2. The summed E-state index contributed by atoms with van der Waals surface area (Å²) in [7, 11) is 1.50. The summed E-state index contributed by atoms with van der Waals surface area (Å²) >= 11 is 0. The average molecular weight is 241 g/mol. The summed E-state index contributed by atoms with van der Waals surface area (Å²) in [4.78, 5) is 11.8. The molecular formula is C12H19NO4. The summed E-state index contributed by atoms with van der Waals surface area (Å²) in [6, 6.07) is 1.68. The maximum Gasteiger partial charge on any atom is 0.254 e. The van der Waals surface area contributed by atoms with E-state index in [4.69, 9.17) is 9.15 Å². The number of hydrogen-bond acceptors (Lipinski definition) is 4. The van der Waals surface area contributed by atoms with E-state index in [0.29, 0.717) is 17.1 Å². The normalized spacial score (nSPS) is 14.4. The highest BCUT2D eigenvalue weighted by Gasteiger charge is 2.22. The van der Waals surface area contributed by atoms with Crippen molar-refractivity contribution in [2.45, 2.75) is 26.4 Å². The van der Waals surface area contributed by atoms with Gasteiger partial charge >= 0.3 is 0 Å². The Morgan fingerprint density at radius 2 is 2.24 bits per heavy atom. The van der Waals surface area contributed by atoms with Crippen LogP contribution >= 0.6 is 0 Å². The SMILES string of the molecule is COCC(C)(O)CNC(=O)c1cc(C)oc1C. The van der Waals surface area contributed by atoms with Crippen LogP contribution in [-0.4, -0.2) is 36.9 Å². The molecule has 2 N–H and O–H groups in total. The zero-order valence-corrected chi connectivity index (χ0v) is 10.7. The van der Waals surface area contributed by atoms with Crippen molar-refractivity contribution in [3.8, 4) is 0 Å². The van der Waals surface area contributed by atoms with E-state index in [1.807, 2.05) is 0 Å². The second-order valence-electron chi connectivity index (χ2n) is 4.44. The largest absolute Gasteiger partial charge is 0.466 e. The molecule has 0 bridgehead atoms. The van der Waals surface area contributed by atoms with Gasteiger partial charge in [0, 0.05) is 13.7 Å². The quantitative estimate of drug-likeness (QED) is 0.807. The molecule has 0 spiro atoms. The van der Waals surface area contributed by atoms with Crippen LogP contribution in [0.15, 0.2) is 10.5 Å². The van der Waals surface area contributed by atoms with Gasteiger partial charge in [-0.05, 0) is 26.8 Å². The van der Waals surface area contributed by atoms with Gasteiger partial charge in [-0.3, -0.25) is 4.79 Å². The smallest absolute Gasteiger partial charge is 0.254 e. The van der Waals surface area contributed by atoms with Gasteiger partial charge in [0.2, 0.25) is 0 Å². The van der Waals surface area contributed by atoms with Gasteiger partial charge < -0.3 is 19.6 Å². The third-order valence-electron chi connectivity index (χ3n) is 2.37. The lowest BCUT2D eigenvalue weighted by atomic mass is 10.1. The molecule has 1 rings (SSSR count). The van der Waals surface area contributed by atoms with Gasteiger partial charge in [0.05, 0.1) is 12.2 Å². The van der Waals surface area contributed by atoms with Gasteiger partial charge in [-0.1, -0.05) is 0 Å². The summed E-state index contributed by atoms with van der Waals surface area (Å²) in [6.07, 6.45) is 0. The number of carbonyl (C=O) groups excluding carboxylic acids is 1. The minimum absolute atomic E-state index is 0.128. The Kier molecular flexibility index (Phi) is 4.31. The minimum atomic E-state index is -1.07. The molecule has 0 radical (unpaired) electrons. The van der Waals surface area contributed by atoms with Crippen LogP contribution in [0.3, 0.4) is 0 Å². The van der Waals surface area contributed by atoms with Gasteiger partial charge in [0.15, 0.2) is 0 Å². The van der Waals surface area contributed by atoms with Crippen molar-refractivity contribution in [3.63, 3.8) is 0 Å². The molecule has 0 aliphatic heterocycles. The van der Waals surface area contributed by atoms with Crippen LogP contribution in [0.25, 0.3) is 0 Å². The maximum absolute atomic E-state index is 11.8. The molecule has 0 saturated heterocycles. The Hall–Kier alpha value is -1.33. The fraction of sp³-hybridized carbons (Fsp3) is 0.583. The summed E-state index contributed by atoms with van der Waals surface area (Å²) in [5.74, 6) is 1.01. The van der Waals surface area contributed by atoms with Crippen LogP contribution < -0.4 is 5.32 Å². The van der Waals surface area contributed by atoms with Crippen molar-refractivity contribution in [1.29, 1.82) is 0 Å². The third kappa shape index (κ3) is 3.87. The zero-order valence-electron chi connectivity index (χ0n) is 10.7. The van der Waals surface area contributed by atoms with Crippen LogP contribution in [-0.2, 0) is 4.74 Å². The van der Waals surface area contributed by atoms with Crippen molar-refractivity contribution < 1.29 is 19.1 Å². The van der Waals surface area contributed by atoms with Crippen molar-refractivity contribution >= 4 is 5.91 Å². The fourth-order valence-corrected chi connectivity index (χ4v) is 1.58. The van der Waals surface area contributed by atoms with Gasteiger partial charge in [0.1, 0.15) is 17.1 Å². The molecule has 0 saturated carbocycles. The van der Waals surface area contributed by atoms with Crippen LogP contribution in [0.5, 0.6) is 0 Å². The molecule has 1 heterocycles. The number of amides is 1. The molecule has 0 fully saturated rings. The van der Waals surface area contributed by atoms with Crippen LogP contribution in [0, 0.1) is 13.8 Å². The molecule has 0 aromatic carbocycles. The van der Waals surface area contributed by atoms with E-state index < -0.39 is 5.60 Å². The first kappa shape index (κ1) is 13.7. The topological polar surface area (TPSA) is 71.7 Å². The standard InChI is InChI=1S/C12H19NO4/c1-8-5-10(9(2)17-8)11(14)13-6-12(3,15)7-16-4/h5,15H,6-7H2,1-4H3,(H,13,14). The van der Waals surface area contributed by atoms with Gasteiger partial charge in [-0.2, -0.15) is 0 Å². The Labute approximate surface area is 101 Å². The molecule has 1 amide bonds. The van der Waals surface area contributed by atoms with Crippen LogP contribution in [0.2, 0.25) is 0 Å². The Balaban J connectivity index is 2.59. The molecule has 0 aliphatic carbocycles. The predicted octanol–water partition coefficient (Wildman–Crippen LogP) is 1.02. The predicted molar refractivity (Wildman–Crippen MR) is 63.0 cm³/mol. The number of furan rings is 1. The van der Waals surface area contributed by atoms with E-state index >= 15 is 0 Å². The molecule has 96 valence electrons. The molecule has 1 atom stereocenters. The maximum atomic E-state index is 11.8. The number of ether oxygens (including phenoxy) is 1. The number of hydrogen-bond donors (Lipinski definition) is 2. The minimum Gasteiger partial charge on any atom is -0.466 e. The van der Waals surface area contributed by atoms with Gasteiger partial charge in [0.25, 0.3) is 5.91 Å². The highest BCUT2D eigenvalue weighted by atomic mass is 16.5. The molecule has 1 unspecified atom stereocenters. The first-order valence-corrected chi connectivity index (χ1v) is 5.42. The zero-order chi connectivity index (χ0) is 13.1. The third-order valence-corrected chi connectivity index (χ3v) is 2.37. The lowest BCUT2D eigenvalue weighted by Crippen LogP contribution is -2.43. The lowest BCUT2D eigenvalue weighted by Gasteiger charge is -2.22. The van der Waals surface area contributed by atoms with E-state index in [9.17, 15) is 9.90 Å². The van der Waals surface area contributed by atoms with E-state index in [1.54, 1.807) is 26.8 Å². The summed E-state index contributed by atoms with van der Waals surface area (Å²) in [5, 5.41) is 12.5. The molecular weight excluding hydrogens is 222 g/mol. The number of aliphatic hydroxyl groups is 1. The molecule has 5 heteroatoms. The number of rotatable bonds is 5. The van der Waals surface area contributed by atoms with E-state index in [2.05, 4.69) is 5.32 Å². The average Bonchev–Trinajstić information content (AvgIpc) is 2.54. The van der Waals surface area contributed by atoms with E-state index in [0.717, 1.165) is 0 Å². The van der Waals surface area contributed by atoms with Gasteiger partial charge in [-0.25, -0.2) is 0 Å². The Morgan fingerprint density at radius 3 is 2.71 bits per heavy atom. The molecule has 0 aliphatic rings. The summed E-state index contributed by atoms with van der Waals surface area (Å²) in [6.45, 7) is 5.41. The number of carbonyl (C=O) groups is 1. The van der Waals surface area contributed by atoms with Crippen molar-refractivity contribution in [2.24, 2.45) is 0 Å². The van der Waals surface area contributed by atoms with Crippen LogP contribution in [0.1, 0.15) is 28.8 Å². The second-order valence-corrected chi connectivity index (χ2v) is 4.44. The molecule has 5 nitrogen and oxygen atoms in total. The monoisotopic (exact) mass is 241 g/mol. The lowest BCUT2D eigenvalue weighted by molar-refractivity contribution is -0.0147. The van der Waals surface area contributed by atoms with E-state index in [-0.39, 0.29) is 19.1 Å². The van der Waals surface area contributed by atoms with Gasteiger partial charge in [-0.15, -0.1) is 0 Å². The molecule has 1 aromatic heterocycles. The Morgan fingerprint density at radius 1 is 1.59 bits per heavy atom. The molecule has 17 heavy (non-hydrogen) atoms. The number of methoxy groups -OCH3 is 1. The van der Waals surface area contributed by atoms with Crippen molar-refractivity contribution in [3.05, 3.63) is 23.2 Å².